The topological polar surface area (TPSA) is 75.4 Å². The lowest BCUT2D eigenvalue weighted by Gasteiger charge is -2.25. The maximum Gasteiger partial charge on any atom is 0.220 e. The van der Waals surface area contributed by atoms with Crippen LogP contribution < -0.4 is 5.32 Å². The largest absolute Gasteiger partial charge is 0.440 e. The molecule has 130 valence electrons. The Morgan fingerprint density at radius 1 is 1.25 bits per heavy atom. The minimum Gasteiger partial charge on any atom is -0.440 e. The van der Waals surface area contributed by atoms with Gasteiger partial charge in [-0.3, -0.25) is 4.79 Å². The van der Waals surface area contributed by atoms with E-state index in [1.165, 1.54) is 0 Å². The van der Waals surface area contributed by atoms with Crippen LogP contribution in [-0.2, 0) is 11.2 Å². The molecule has 5 heteroatoms. The summed E-state index contributed by atoms with van der Waals surface area (Å²) < 4.78 is 5.80. The Kier molecular flexibility index (Phi) is 6.15. The van der Waals surface area contributed by atoms with Crippen LogP contribution in [-0.4, -0.2) is 28.1 Å². The second-order valence-corrected chi connectivity index (χ2v) is 6.10. The summed E-state index contributed by atoms with van der Waals surface area (Å²) in [5.74, 6) is 1.20. The second-order valence-electron chi connectivity index (χ2n) is 6.10. The van der Waals surface area contributed by atoms with Gasteiger partial charge in [0.1, 0.15) is 0 Å². The number of carbonyl (C=O) groups excluding carboxylic acids is 1. The number of benzene rings is 1. The number of aryl methyl sites for hydroxylation is 2. The maximum absolute atomic E-state index is 12.0. The number of nitrogens with zero attached hydrogens (tertiary/aromatic N) is 1. The van der Waals surface area contributed by atoms with Gasteiger partial charge in [-0.2, -0.15) is 0 Å². The molecule has 0 fully saturated rings. The smallest absolute Gasteiger partial charge is 0.220 e. The summed E-state index contributed by atoms with van der Waals surface area (Å²) in [5.41, 5.74) is 0.979. The second kappa shape index (κ2) is 8.11. The highest BCUT2D eigenvalue weighted by Gasteiger charge is 2.22. The van der Waals surface area contributed by atoms with E-state index < -0.39 is 5.60 Å². The minimum absolute atomic E-state index is 0.104. The SMILES string of the molecule is CCC(O)(CC)CNC(=O)CCc1nc(C)c(-c2ccccc2)o1. The van der Waals surface area contributed by atoms with Crippen molar-refractivity contribution in [2.24, 2.45) is 0 Å². The Morgan fingerprint density at radius 2 is 1.92 bits per heavy atom. The molecule has 0 aliphatic heterocycles. The first-order chi connectivity index (χ1) is 11.5. The van der Waals surface area contributed by atoms with Gasteiger partial charge in [0.25, 0.3) is 0 Å². The van der Waals surface area contributed by atoms with Gasteiger partial charge in [0.05, 0.1) is 11.3 Å². The van der Waals surface area contributed by atoms with E-state index in [0.29, 0.717) is 25.2 Å². The van der Waals surface area contributed by atoms with Gasteiger partial charge in [-0.25, -0.2) is 4.98 Å². The molecule has 0 unspecified atom stereocenters. The lowest BCUT2D eigenvalue weighted by Crippen LogP contribution is -2.42. The highest BCUT2D eigenvalue weighted by Crippen LogP contribution is 2.24. The monoisotopic (exact) mass is 330 g/mol. The van der Waals surface area contributed by atoms with Crippen molar-refractivity contribution >= 4 is 5.91 Å². The first kappa shape index (κ1) is 18.2. The number of nitrogens with one attached hydrogen (secondary N) is 1. The number of aliphatic hydroxyl groups is 1. The standard InChI is InChI=1S/C19H26N2O3/c1-4-19(23,5-2)13-20-16(22)11-12-17-21-14(3)18(24-17)15-9-7-6-8-10-15/h6-10,23H,4-5,11-13H2,1-3H3,(H,20,22). The summed E-state index contributed by atoms with van der Waals surface area (Å²) in [6, 6.07) is 9.80. The lowest BCUT2D eigenvalue weighted by atomic mass is 9.97. The molecule has 24 heavy (non-hydrogen) atoms. The summed E-state index contributed by atoms with van der Waals surface area (Å²) in [4.78, 5) is 16.4. The zero-order valence-electron chi connectivity index (χ0n) is 14.6. The third-order valence-electron chi connectivity index (χ3n) is 4.37. The normalized spacial score (nSPS) is 11.5. The van der Waals surface area contributed by atoms with Gasteiger partial charge < -0.3 is 14.8 Å². The summed E-state index contributed by atoms with van der Waals surface area (Å²) in [5, 5.41) is 13.0. The summed E-state index contributed by atoms with van der Waals surface area (Å²) in [7, 11) is 0. The fourth-order valence-electron chi connectivity index (χ4n) is 2.49. The average molecular weight is 330 g/mol. The zero-order chi connectivity index (χ0) is 17.6. The summed E-state index contributed by atoms with van der Waals surface area (Å²) in [6.45, 7) is 6.00. The molecule has 0 saturated heterocycles. The Hall–Kier alpha value is -2.14. The number of amides is 1. The Bertz CT molecular complexity index is 661. The van der Waals surface area contributed by atoms with Crippen LogP contribution in [0.3, 0.4) is 0 Å². The van der Waals surface area contributed by atoms with E-state index in [9.17, 15) is 9.90 Å². The lowest BCUT2D eigenvalue weighted by molar-refractivity contribution is -0.122. The fourth-order valence-corrected chi connectivity index (χ4v) is 2.49. The minimum atomic E-state index is -0.824. The van der Waals surface area contributed by atoms with E-state index in [1.807, 2.05) is 51.1 Å². The summed E-state index contributed by atoms with van der Waals surface area (Å²) >= 11 is 0. The number of carbonyl (C=O) groups is 1. The molecule has 0 spiro atoms. The van der Waals surface area contributed by atoms with Crippen molar-refractivity contribution in [1.82, 2.24) is 10.3 Å². The van der Waals surface area contributed by atoms with Crippen LogP contribution in [0, 0.1) is 6.92 Å². The number of aromatic nitrogens is 1. The van der Waals surface area contributed by atoms with E-state index in [2.05, 4.69) is 10.3 Å². The molecule has 0 atom stereocenters. The van der Waals surface area contributed by atoms with Crippen LogP contribution in [0.5, 0.6) is 0 Å². The molecule has 2 N–H and O–H groups in total. The number of hydrogen-bond donors (Lipinski definition) is 2. The molecule has 0 bridgehead atoms. The first-order valence-electron chi connectivity index (χ1n) is 8.48. The van der Waals surface area contributed by atoms with E-state index in [-0.39, 0.29) is 18.9 Å². The van der Waals surface area contributed by atoms with Crippen molar-refractivity contribution in [3.05, 3.63) is 41.9 Å². The van der Waals surface area contributed by atoms with Crippen molar-refractivity contribution in [2.45, 2.75) is 52.1 Å². The van der Waals surface area contributed by atoms with Crippen LogP contribution in [0.4, 0.5) is 0 Å². The third-order valence-corrected chi connectivity index (χ3v) is 4.37. The Labute approximate surface area is 143 Å². The molecular weight excluding hydrogens is 304 g/mol. The fraction of sp³-hybridized carbons (Fsp3) is 0.474. The first-order valence-corrected chi connectivity index (χ1v) is 8.48. The van der Waals surface area contributed by atoms with Gasteiger partial charge in [0.2, 0.25) is 5.91 Å². The zero-order valence-corrected chi connectivity index (χ0v) is 14.6. The number of rotatable bonds is 8. The van der Waals surface area contributed by atoms with E-state index in [0.717, 1.165) is 17.0 Å². The molecule has 0 radical (unpaired) electrons. The maximum atomic E-state index is 12.0. The van der Waals surface area contributed by atoms with Crippen LogP contribution in [0.1, 0.15) is 44.7 Å². The average Bonchev–Trinajstić information content (AvgIpc) is 2.99. The quantitative estimate of drug-likeness (QED) is 0.779. The van der Waals surface area contributed by atoms with Crippen LogP contribution >= 0.6 is 0 Å². The van der Waals surface area contributed by atoms with Gasteiger partial charge in [0.15, 0.2) is 11.7 Å². The molecule has 1 aromatic heterocycles. The van der Waals surface area contributed by atoms with Crippen LogP contribution in [0.25, 0.3) is 11.3 Å². The molecule has 2 rings (SSSR count). The Balaban J connectivity index is 1.90. The molecule has 5 nitrogen and oxygen atoms in total. The molecule has 0 saturated carbocycles. The molecule has 2 aromatic rings. The van der Waals surface area contributed by atoms with Crippen molar-refractivity contribution in [3.8, 4) is 11.3 Å². The van der Waals surface area contributed by atoms with Crippen molar-refractivity contribution in [1.29, 1.82) is 0 Å². The van der Waals surface area contributed by atoms with Crippen LogP contribution in [0.15, 0.2) is 34.7 Å². The van der Waals surface area contributed by atoms with Crippen LogP contribution in [0.2, 0.25) is 0 Å². The molecule has 0 aliphatic rings. The predicted octanol–water partition coefficient (Wildman–Crippen LogP) is 3.25. The van der Waals surface area contributed by atoms with Gasteiger partial charge in [-0.05, 0) is 19.8 Å². The van der Waals surface area contributed by atoms with Gasteiger partial charge >= 0.3 is 0 Å². The molecule has 1 amide bonds. The van der Waals surface area contributed by atoms with Gasteiger partial charge in [-0.15, -0.1) is 0 Å². The van der Waals surface area contributed by atoms with Crippen molar-refractivity contribution in [3.63, 3.8) is 0 Å². The van der Waals surface area contributed by atoms with E-state index in [4.69, 9.17) is 4.42 Å². The van der Waals surface area contributed by atoms with Crippen molar-refractivity contribution in [2.75, 3.05) is 6.54 Å². The molecule has 1 heterocycles. The third kappa shape index (κ3) is 4.68. The number of oxazole rings is 1. The Morgan fingerprint density at radius 3 is 2.54 bits per heavy atom. The van der Waals surface area contributed by atoms with E-state index in [1.54, 1.807) is 0 Å². The predicted molar refractivity (Wildman–Crippen MR) is 93.5 cm³/mol. The molecule has 0 aliphatic carbocycles. The molecular formula is C19H26N2O3. The van der Waals surface area contributed by atoms with E-state index >= 15 is 0 Å². The highest BCUT2D eigenvalue weighted by atomic mass is 16.4. The molecule has 1 aromatic carbocycles. The van der Waals surface area contributed by atoms with Crippen molar-refractivity contribution < 1.29 is 14.3 Å². The number of hydrogen-bond acceptors (Lipinski definition) is 4. The van der Waals surface area contributed by atoms with Gasteiger partial charge in [0, 0.05) is 24.9 Å². The summed E-state index contributed by atoms with van der Waals surface area (Å²) in [6.07, 6.45) is 1.96. The highest BCUT2D eigenvalue weighted by molar-refractivity contribution is 5.76. The van der Waals surface area contributed by atoms with Gasteiger partial charge in [-0.1, -0.05) is 44.2 Å².